The number of furan rings is 1. The van der Waals surface area contributed by atoms with Gasteiger partial charge < -0.3 is 19.5 Å². The van der Waals surface area contributed by atoms with Gasteiger partial charge in [-0.2, -0.15) is 4.98 Å². The lowest BCUT2D eigenvalue weighted by Crippen LogP contribution is -2.25. The van der Waals surface area contributed by atoms with Gasteiger partial charge in [-0.25, -0.2) is 9.59 Å². The van der Waals surface area contributed by atoms with Crippen molar-refractivity contribution in [2.75, 3.05) is 12.4 Å². The third-order valence-corrected chi connectivity index (χ3v) is 3.92. The molecule has 0 aliphatic heterocycles. The van der Waals surface area contributed by atoms with E-state index in [9.17, 15) is 14.4 Å². The number of nitrogens with one attached hydrogen (secondary N) is 2. The summed E-state index contributed by atoms with van der Waals surface area (Å²) in [5.74, 6) is -0.225. The molecule has 0 aliphatic rings. The van der Waals surface area contributed by atoms with Crippen LogP contribution in [-0.4, -0.2) is 34.2 Å². The summed E-state index contributed by atoms with van der Waals surface area (Å²) in [6.45, 7) is 3.72. The topological polar surface area (TPSA) is 114 Å². The molecule has 0 saturated carbocycles. The molecule has 1 amide bonds. The molecule has 128 valence electrons. The number of esters is 1. The van der Waals surface area contributed by atoms with Gasteiger partial charge in [-0.3, -0.25) is 4.79 Å². The highest BCUT2D eigenvalue weighted by molar-refractivity contribution is 8.00. The highest BCUT2D eigenvalue weighted by Gasteiger charge is 2.20. The second-order valence-electron chi connectivity index (χ2n) is 4.71. The van der Waals surface area contributed by atoms with Crippen molar-refractivity contribution in [2.45, 2.75) is 25.4 Å². The number of rotatable bonds is 7. The predicted molar refractivity (Wildman–Crippen MR) is 86.8 cm³/mol. The number of amides is 1. The number of hydrogen-bond acceptors (Lipinski definition) is 7. The van der Waals surface area contributed by atoms with Crippen molar-refractivity contribution in [3.05, 3.63) is 45.9 Å². The highest BCUT2D eigenvalue weighted by atomic mass is 32.2. The molecule has 0 atom stereocenters. The molecular formula is C15H17N3O5S. The Hall–Kier alpha value is -2.55. The zero-order valence-corrected chi connectivity index (χ0v) is 14.1. The number of H-pyrrole nitrogens is 1. The van der Waals surface area contributed by atoms with Crippen LogP contribution in [0.15, 0.2) is 32.6 Å². The molecule has 2 heterocycles. The Morgan fingerprint density at radius 2 is 2.25 bits per heavy atom. The molecular weight excluding hydrogens is 334 g/mol. The van der Waals surface area contributed by atoms with Gasteiger partial charge in [0.2, 0.25) is 5.91 Å². The average Bonchev–Trinajstić information content (AvgIpc) is 3.03. The van der Waals surface area contributed by atoms with E-state index >= 15 is 0 Å². The molecule has 0 radical (unpaired) electrons. The molecule has 0 saturated heterocycles. The van der Waals surface area contributed by atoms with Crippen molar-refractivity contribution in [3.8, 4) is 0 Å². The van der Waals surface area contributed by atoms with Crippen molar-refractivity contribution in [2.24, 2.45) is 0 Å². The molecule has 0 spiro atoms. The number of carbonyl (C=O) groups excluding carboxylic acids is 2. The van der Waals surface area contributed by atoms with Gasteiger partial charge in [0, 0.05) is 5.69 Å². The predicted octanol–water partition coefficient (Wildman–Crippen LogP) is 1.26. The third kappa shape index (κ3) is 4.72. The summed E-state index contributed by atoms with van der Waals surface area (Å²) in [5.41, 5.74) is -0.0636. The molecule has 2 N–H and O–H groups in total. The normalized spacial score (nSPS) is 10.4. The smallest absolute Gasteiger partial charge is 0.346 e. The van der Waals surface area contributed by atoms with E-state index in [2.05, 4.69) is 15.3 Å². The largest absolute Gasteiger partial charge is 0.467 e. The number of ether oxygens (including phenoxy) is 1. The SMILES string of the molecule is CCOC(=O)c1c(SCC(=O)NCc2ccco2)nc(=O)[nH]c1C. The summed E-state index contributed by atoms with van der Waals surface area (Å²) in [5, 5.41) is 2.84. The highest BCUT2D eigenvalue weighted by Crippen LogP contribution is 2.21. The van der Waals surface area contributed by atoms with E-state index in [1.165, 1.54) is 6.26 Å². The van der Waals surface area contributed by atoms with Gasteiger partial charge >= 0.3 is 11.7 Å². The summed E-state index contributed by atoms with van der Waals surface area (Å²) in [6.07, 6.45) is 1.52. The van der Waals surface area contributed by atoms with Gasteiger partial charge in [-0.05, 0) is 26.0 Å². The van der Waals surface area contributed by atoms with Gasteiger partial charge in [-0.15, -0.1) is 0 Å². The van der Waals surface area contributed by atoms with Crippen LogP contribution in [0.3, 0.4) is 0 Å². The van der Waals surface area contributed by atoms with Crippen LogP contribution >= 0.6 is 11.8 Å². The van der Waals surface area contributed by atoms with E-state index < -0.39 is 11.7 Å². The summed E-state index contributed by atoms with van der Waals surface area (Å²) >= 11 is 1.00. The Morgan fingerprint density at radius 3 is 2.92 bits per heavy atom. The summed E-state index contributed by atoms with van der Waals surface area (Å²) in [7, 11) is 0. The molecule has 0 aliphatic carbocycles. The molecule has 0 aromatic carbocycles. The van der Waals surface area contributed by atoms with E-state index in [4.69, 9.17) is 9.15 Å². The lowest BCUT2D eigenvalue weighted by Gasteiger charge is -2.09. The molecule has 9 heteroatoms. The monoisotopic (exact) mass is 351 g/mol. The molecule has 2 aromatic heterocycles. The van der Waals surface area contributed by atoms with Gasteiger partial charge in [-0.1, -0.05) is 11.8 Å². The molecule has 8 nitrogen and oxygen atoms in total. The van der Waals surface area contributed by atoms with E-state index in [1.807, 2.05) is 0 Å². The fourth-order valence-corrected chi connectivity index (χ4v) is 2.79. The van der Waals surface area contributed by atoms with Crippen LogP contribution in [-0.2, 0) is 16.1 Å². The first kappa shape index (κ1) is 17.8. The Labute approximate surface area is 142 Å². The first-order valence-corrected chi connectivity index (χ1v) is 8.19. The van der Waals surface area contributed by atoms with E-state index in [0.29, 0.717) is 11.5 Å². The summed E-state index contributed by atoms with van der Waals surface area (Å²) in [4.78, 5) is 41.7. The Bertz CT molecular complexity index is 770. The van der Waals surface area contributed by atoms with Crippen LogP contribution in [0, 0.1) is 6.92 Å². The van der Waals surface area contributed by atoms with Gasteiger partial charge in [0.25, 0.3) is 0 Å². The van der Waals surface area contributed by atoms with Crippen LogP contribution in [0.4, 0.5) is 0 Å². The molecule has 0 bridgehead atoms. The van der Waals surface area contributed by atoms with Crippen molar-refractivity contribution in [1.82, 2.24) is 15.3 Å². The third-order valence-electron chi connectivity index (χ3n) is 2.95. The summed E-state index contributed by atoms with van der Waals surface area (Å²) in [6, 6.07) is 3.47. The average molecular weight is 351 g/mol. The van der Waals surface area contributed by atoms with E-state index in [0.717, 1.165) is 11.8 Å². The number of nitrogens with zero attached hydrogens (tertiary/aromatic N) is 1. The number of thioether (sulfide) groups is 1. The van der Waals surface area contributed by atoms with Crippen LogP contribution in [0.5, 0.6) is 0 Å². The fourth-order valence-electron chi connectivity index (χ4n) is 1.89. The quantitative estimate of drug-likeness (QED) is 0.438. The van der Waals surface area contributed by atoms with E-state index in [-0.39, 0.29) is 35.4 Å². The molecule has 24 heavy (non-hydrogen) atoms. The van der Waals surface area contributed by atoms with Gasteiger partial charge in [0.05, 0.1) is 25.2 Å². The fraction of sp³-hybridized carbons (Fsp3) is 0.333. The van der Waals surface area contributed by atoms with Crippen molar-refractivity contribution in [3.63, 3.8) is 0 Å². The maximum absolute atomic E-state index is 12.0. The lowest BCUT2D eigenvalue weighted by molar-refractivity contribution is -0.118. The lowest BCUT2D eigenvalue weighted by atomic mass is 10.2. The molecule has 2 aromatic rings. The Balaban J connectivity index is 2.04. The summed E-state index contributed by atoms with van der Waals surface area (Å²) < 4.78 is 10.1. The minimum atomic E-state index is -0.586. The van der Waals surface area contributed by atoms with Crippen LogP contribution in [0.1, 0.15) is 28.7 Å². The van der Waals surface area contributed by atoms with Gasteiger partial charge in [0.15, 0.2) is 0 Å². The minimum Gasteiger partial charge on any atom is -0.467 e. The number of carbonyl (C=O) groups is 2. The van der Waals surface area contributed by atoms with Crippen LogP contribution in [0.25, 0.3) is 0 Å². The number of aryl methyl sites for hydroxylation is 1. The second-order valence-corrected chi connectivity index (χ2v) is 5.68. The van der Waals surface area contributed by atoms with Crippen molar-refractivity contribution >= 4 is 23.6 Å². The maximum Gasteiger partial charge on any atom is 0.346 e. The van der Waals surface area contributed by atoms with Gasteiger partial charge in [0.1, 0.15) is 16.3 Å². The number of aromatic nitrogens is 2. The first-order chi connectivity index (χ1) is 11.5. The minimum absolute atomic E-state index is 0.00298. The standard InChI is InChI=1S/C15H17N3O5S/c1-3-22-14(20)12-9(2)17-15(21)18-13(12)24-8-11(19)16-7-10-5-4-6-23-10/h4-6H,3,7-8H2,1-2H3,(H,16,19)(H,17,18,21). The Morgan fingerprint density at radius 1 is 1.46 bits per heavy atom. The molecule has 0 fully saturated rings. The van der Waals surface area contributed by atoms with Crippen molar-refractivity contribution in [1.29, 1.82) is 0 Å². The van der Waals surface area contributed by atoms with E-state index in [1.54, 1.807) is 26.0 Å². The maximum atomic E-state index is 12.0. The zero-order valence-electron chi connectivity index (χ0n) is 13.3. The van der Waals surface area contributed by atoms with Crippen LogP contribution < -0.4 is 11.0 Å². The molecule has 2 rings (SSSR count). The first-order valence-electron chi connectivity index (χ1n) is 7.21. The molecule has 0 unspecified atom stereocenters. The second kappa shape index (κ2) is 8.34. The Kier molecular flexibility index (Phi) is 6.19. The van der Waals surface area contributed by atoms with Crippen LogP contribution in [0.2, 0.25) is 0 Å². The number of aromatic amines is 1. The number of hydrogen-bond donors (Lipinski definition) is 2. The zero-order chi connectivity index (χ0) is 17.5. The van der Waals surface area contributed by atoms with Crippen molar-refractivity contribution < 1.29 is 18.7 Å².